The molecule has 0 aliphatic carbocycles. The topological polar surface area (TPSA) is 86.2 Å². The molecule has 0 bridgehead atoms. The molecule has 1 fully saturated rings. The van der Waals surface area contributed by atoms with E-state index in [0.717, 1.165) is 42.1 Å². The summed E-state index contributed by atoms with van der Waals surface area (Å²) in [6.45, 7) is 3.38. The van der Waals surface area contributed by atoms with Gasteiger partial charge in [-0.15, -0.1) is 11.3 Å². The maximum atomic E-state index is 12.4. The molecule has 0 atom stereocenters. The molecule has 3 aromatic rings. The molecule has 1 aromatic carbocycles. The number of nitrogens with zero attached hydrogens (tertiary/aromatic N) is 3. The second kappa shape index (κ2) is 7.58. The minimum Gasteiger partial charge on any atom is -0.494 e. The number of carbonyl (C=O) groups is 1. The summed E-state index contributed by atoms with van der Waals surface area (Å²) < 4.78 is 10.9. The van der Waals surface area contributed by atoms with Crippen molar-refractivity contribution >= 4 is 34.1 Å². The molecule has 4 rings (SSSR count). The van der Waals surface area contributed by atoms with Crippen molar-refractivity contribution in [2.24, 2.45) is 0 Å². The molecule has 1 amide bonds. The van der Waals surface area contributed by atoms with Gasteiger partial charge in [0.25, 0.3) is 5.91 Å². The predicted octanol–water partition coefficient (Wildman–Crippen LogP) is 3.55. The van der Waals surface area contributed by atoms with Gasteiger partial charge in [0.05, 0.1) is 30.0 Å². The number of ether oxygens (including phenoxy) is 2. The lowest BCUT2D eigenvalue weighted by atomic mass is 9.90. The zero-order valence-electron chi connectivity index (χ0n) is 15.2. The highest BCUT2D eigenvalue weighted by Gasteiger charge is 2.21. The van der Waals surface area contributed by atoms with E-state index < -0.39 is 0 Å². The molecule has 1 aliphatic rings. The van der Waals surface area contributed by atoms with Crippen molar-refractivity contribution in [2.75, 3.05) is 25.6 Å². The molecule has 0 spiro atoms. The monoisotopic (exact) mass is 384 g/mol. The fraction of sp³-hybridized carbons (Fsp3) is 0.368. The first-order chi connectivity index (χ1) is 13.2. The Kier molecular flexibility index (Phi) is 5.00. The lowest BCUT2D eigenvalue weighted by Gasteiger charge is -2.23. The number of benzene rings is 1. The van der Waals surface area contributed by atoms with Gasteiger partial charge in [0, 0.05) is 13.2 Å². The minimum absolute atomic E-state index is 0.242. The number of aryl methyl sites for hydroxylation is 1. The number of rotatable bonds is 4. The first kappa shape index (κ1) is 17.8. The summed E-state index contributed by atoms with van der Waals surface area (Å²) >= 11 is 1.34. The smallest absolute Gasteiger partial charge is 0.268 e. The maximum Gasteiger partial charge on any atom is 0.268 e. The first-order valence-corrected chi connectivity index (χ1v) is 9.62. The summed E-state index contributed by atoms with van der Waals surface area (Å²) in [5.41, 5.74) is 2.62. The van der Waals surface area contributed by atoms with Gasteiger partial charge < -0.3 is 14.8 Å². The highest BCUT2D eigenvalue weighted by Crippen LogP contribution is 2.35. The van der Waals surface area contributed by atoms with Gasteiger partial charge in [-0.05, 0) is 37.3 Å². The second-order valence-corrected chi connectivity index (χ2v) is 7.63. The molecule has 7 nitrogen and oxygen atoms in total. The summed E-state index contributed by atoms with van der Waals surface area (Å²) in [5.74, 6) is 1.18. The van der Waals surface area contributed by atoms with Crippen LogP contribution in [-0.4, -0.2) is 41.2 Å². The lowest BCUT2D eigenvalue weighted by Crippen LogP contribution is -2.15. The average molecular weight is 384 g/mol. The summed E-state index contributed by atoms with van der Waals surface area (Å²) in [4.78, 5) is 26.2. The Bertz CT molecular complexity index is 982. The van der Waals surface area contributed by atoms with E-state index in [4.69, 9.17) is 9.47 Å². The standard InChI is InChI=1S/C19H20N4O3S/c1-11-20-9-15(27-11)19(24)23-16-10-21-17-13(12-5-7-26-8-6-12)3-4-14(25-2)18(17)22-16/h3-4,9-10,12H,5-8H2,1-2H3,(H,22,23,24). The molecule has 0 saturated carbocycles. The molecule has 2 aromatic heterocycles. The van der Waals surface area contributed by atoms with Gasteiger partial charge in [0.1, 0.15) is 16.1 Å². The van der Waals surface area contributed by atoms with Gasteiger partial charge in [-0.1, -0.05) is 6.07 Å². The van der Waals surface area contributed by atoms with E-state index in [9.17, 15) is 4.79 Å². The highest BCUT2D eigenvalue weighted by molar-refractivity contribution is 7.13. The van der Waals surface area contributed by atoms with Crippen molar-refractivity contribution in [3.05, 3.63) is 40.0 Å². The van der Waals surface area contributed by atoms with Gasteiger partial charge in [-0.25, -0.2) is 9.97 Å². The van der Waals surface area contributed by atoms with Crippen LogP contribution in [0.5, 0.6) is 5.75 Å². The fourth-order valence-corrected chi connectivity index (χ4v) is 3.98. The van der Waals surface area contributed by atoms with E-state index in [1.54, 1.807) is 19.5 Å². The third kappa shape index (κ3) is 3.63. The fourth-order valence-electron chi connectivity index (χ4n) is 3.30. The average Bonchev–Trinajstić information content (AvgIpc) is 3.14. The van der Waals surface area contributed by atoms with Gasteiger partial charge in [-0.3, -0.25) is 9.78 Å². The van der Waals surface area contributed by atoms with Crippen LogP contribution < -0.4 is 10.1 Å². The van der Waals surface area contributed by atoms with E-state index in [-0.39, 0.29) is 5.91 Å². The van der Waals surface area contributed by atoms with Crippen LogP contribution in [0.25, 0.3) is 11.0 Å². The summed E-state index contributed by atoms with van der Waals surface area (Å²) in [6.07, 6.45) is 5.09. The summed E-state index contributed by atoms with van der Waals surface area (Å²) in [5, 5.41) is 3.64. The minimum atomic E-state index is -0.242. The molecule has 140 valence electrons. The molecule has 0 radical (unpaired) electrons. The number of fused-ring (bicyclic) bond motifs is 1. The Morgan fingerprint density at radius 1 is 1.22 bits per heavy atom. The number of nitrogens with one attached hydrogen (secondary N) is 1. The van der Waals surface area contributed by atoms with E-state index in [1.807, 2.05) is 13.0 Å². The SMILES string of the molecule is COc1ccc(C2CCOCC2)c2ncc(NC(=O)c3cnc(C)s3)nc12. The third-order valence-corrected chi connectivity index (χ3v) is 5.57. The predicted molar refractivity (Wildman–Crippen MR) is 104 cm³/mol. The Balaban J connectivity index is 1.69. The van der Waals surface area contributed by atoms with Crippen molar-refractivity contribution in [1.82, 2.24) is 15.0 Å². The molecule has 1 aliphatic heterocycles. The van der Waals surface area contributed by atoms with Gasteiger partial charge >= 0.3 is 0 Å². The van der Waals surface area contributed by atoms with Crippen LogP contribution in [0.1, 0.15) is 39.0 Å². The number of hydrogen-bond acceptors (Lipinski definition) is 7. The molecular weight excluding hydrogens is 364 g/mol. The van der Waals surface area contributed by atoms with Gasteiger partial charge in [0.2, 0.25) is 0 Å². The van der Waals surface area contributed by atoms with Crippen LogP contribution in [0.3, 0.4) is 0 Å². The summed E-state index contributed by atoms with van der Waals surface area (Å²) in [6, 6.07) is 3.98. The first-order valence-electron chi connectivity index (χ1n) is 8.81. The van der Waals surface area contributed by atoms with Crippen LogP contribution in [0.2, 0.25) is 0 Å². The van der Waals surface area contributed by atoms with E-state index in [2.05, 4.69) is 26.3 Å². The highest BCUT2D eigenvalue weighted by atomic mass is 32.1. The van der Waals surface area contributed by atoms with Crippen molar-refractivity contribution in [2.45, 2.75) is 25.7 Å². The number of methoxy groups -OCH3 is 1. The zero-order valence-corrected chi connectivity index (χ0v) is 16.0. The van der Waals surface area contributed by atoms with Crippen LogP contribution in [0, 0.1) is 6.92 Å². The molecular formula is C19H20N4O3S. The third-order valence-electron chi connectivity index (χ3n) is 4.66. The molecule has 1 N–H and O–H groups in total. The number of aromatic nitrogens is 3. The van der Waals surface area contributed by atoms with E-state index in [0.29, 0.717) is 27.9 Å². The molecule has 1 saturated heterocycles. The zero-order chi connectivity index (χ0) is 18.8. The normalized spacial score (nSPS) is 15.0. The van der Waals surface area contributed by atoms with Crippen LogP contribution in [0.15, 0.2) is 24.5 Å². The van der Waals surface area contributed by atoms with Crippen LogP contribution in [0.4, 0.5) is 5.82 Å². The number of carbonyl (C=O) groups excluding carboxylic acids is 1. The lowest BCUT2D eigenvalue weighted by molar-refractivity contribution is 0.0855. The number of anilines is 1. The molecule has 3 heterocycles. The van der Waals surface area contributed by atoms with Crippen molar-refractivity contribution in [3.63, 3.8) is 0 Å². The Morgan fingerprint density at radius 3 is 2.74 bits per heavy atom. The van der Waals surface area contributed by atoms with Crippen molar-refractivity contribution in [3.8, 4) is 5.75 Å². The number of thiazole rings is 1. The van der Waals surface area contributed by atoms with E-state index >= 15 is 0 Å². The maximum absolute atomic E-state index is 12.4. The summed E-state index contributed by atoms with van der Waals surface area (Å²) in [7, 11) is 1.61. The Hall–Kier alpha value is -2.58. The van der Waals surface area contributed by atoms with Gasteiger partial charge in [0.15, 0.2) is 5.82 Å². The van der Waals surface area contributed by atoms with Crippen LogP contribution >= 0.6 is 11.3 Å². The molecule has 8 heteroatoms. The second-order valence-electron chi connectivity index (χ2n) is 6.39. The quantitative estimate of drug-likeness (QED) is 0.740. The Labute approximate surface area is 160 Å². The number of amides is 1. The largest absolute Gasteiger partial charge is 0.494 e. The van der Waals surface area contributed by atoms with Crippen molar-refractivity contribution in [1.29, 1.82) is 0 Å². The molecule has 27 heavy (non-hydrogen) atoms. The number of hydrogen-bond donors (Lipinski definition) is 1. The molecule has 0 unspecified atom stereocenters. The Morgan fingerprint density at radius 2 is 2.04 bits per heavy atom. The van der Waals surface area contributed by atoms with Crippen LogP contribution in [-0.2, 0) is 4.74 Å². The van der Waals surface area contributed by atoms with Crippen molar-refractivity contribution < 1.29 is 14.3 Å². The van der Waals surface area contributed by atoms with E-state index in [1.165, 1.54) is 11.3 Å². The van der Waals surface area contributed by atoms with Gasteiger partial charge in [-0.2, -0.15) is 0 Å².